The van der Waals surface area contributed by atoms with E-state index in [1.807, 2.05) is 6.07 Å². The Bertz CT molecular complexity index is 1120. The fraction of sp³-hybridized carbons (Fsp3) is 0.360. The third-order valence-corrected chi connectivity index (χ3v) is 7.17. The minimum atomic E-state index is -0.969. The van der Waals surface area contributed by atoms with E-state index >= 15 is 0 Å². The van der Waals surface area contributed by atoms with Crippen molar-refractivity contribution < 1.29 is 14.3 Å². The van der Waals surface area contributed by atoms with Gasteiger partial charge in [0.05, 0.1) is 17.5 Å². The van der Waals surface area contributed by atoms with Gasteiger partial charge in [-0.25, -0.2) is 4.39 Å². The number of aliphatic hydroxyl groups is 1. The topological polar surface area (TPSA) is 62.2 Å². The van der Waals surface area contributed by atoms with Gasteiger partial charge >= 0.3 is 0 Å². The van der Waals surface area contributed by atoms with E-state index in [-0.39, 0.29) is 18.1 Å². The van der Waals surface area contributed by atoms with Crippen molar-refractivity contribution in [3.63, 3.8) is 0 Å². The van der Waals surface area contributed by atoms with Crippen LogP contribution >= 0.6 is 11.6 Å². The molecule has 1 amide bonds. The maximum atomic E-state index is 13.8. The summed E-state index contributed by atoms with van der Waals surface area (Å²) in [7, 11) is 0. The van der Waals surface area contributed by atoms with Crippen LogP contribution in [0.15, 0.2) is 54.7 Å². The Morgan fingerprint density at radius 1 is 1.13 bits per heavy atom. The molecular formula is C25H24ClFN2O2. The number of rotatable bonds is 4. The van der Waals surface area contributed by atoms with Crippen molar-refractivity contribution in [3.05, 3.63) is 71.1 Å². The summed E-state index contributed by atoms with van der Waals surface area (Å²) in [6.45, 7) is 0. The second-order valence-electron chi connectivity index (χ2n) is 9.11. The number of halogens is 2. The van der Waals surface area contributed by atoms with Crippen LogP contribution in [0.4, 0.5) is 10.1 Å². The van der Waals surface area contributed by atoms with E-state index in [2.05, 4.69) is 10.3 Å². The number of nitrogens with zero attached hydrogens (tertiary/aromatic N) is 1. The molecule has 160 valence electrons. The highest BCUT2D eigenvalue weighted by molar-refractivity contribution is 6.30. The van der Waals surface area contributed by atoms with Crippen LogP contribution in [0.5, 0.6) is 0 Å². The number of carbonyl (C=O) groups excluding carboxylic acids is 1. The van der Waals surface area contributed by atoms with Crippen LogP contribution in [-0.2, 0) is 4.79 Å². The van der Waals surface area contributed by atoms with E-state index < -0.39 is 5.60 Å². The summed E-state index contributed by atoms with van der Waals surface area (Å²) in [5.74, 6) is 0.637. The number of carbonyl (C=O) groups is 1. The largest absolute Gasteiger partial charge is 0.389 e. The molecule has 3 aromatic rings. The second kappa shape index (κ2) is 7.88. The zero-order valence-electron chi connectivity index (χ0n) is 17.0. The molecule has 2 aliphatic carbocycles. The Hall–Kier alpha value is -2.50. The summed E-state index contributed by atoms with van der Waals surface area (Å²) in [5, 5.41) is 15.5. The average molecular weight is 439 g/mol. The molecule has 2 saturated carbocycles. The van der Waals surface area contributed by atoms with Gasteiger partial charge in [0.2, 0.25) is 5.91 Å². The molecular weight excluding hydrogens is 415 g/mol. The van der Waals surface area contributed by atoms with E-state index in [0.29, 0.717) is 41.3 Å². The van der Waals surface area contributed by atoms with Crippen molar-refractivity contribution >= 4 is 34.1 Å². The molecule has 4 atom stereocenters. The van der Waals surface area contributed by atoms with Crippen molar-refractivity contribution in [2.24, 2.45) is 11.8 Å². The first-order valence-electron chi connectivity index (χ1n) is 10.7. The molecule has 2 N–H and O–H groups in total. The number of nitrogens with one attached hydrogen (secondary N) is 1. The van der Waals surface area contributed by atoms with Crippen LogP contribution in [0.1, 0.15) is 43.6 Å². The SMILES string of the molecule is O=C(CC1(O)C[C@H]2CC(c3ccnc4ccc(F)cc34)C[C@H]2C1)Nc1ccc(Cl)cc1. The molecule has 1 aromatic heterocycles. The molecule has 2 unspecified atom stereocenters. The maximum absolute atomic E-state index is 13.8. The van der Waals surface area contributed by atoms with Gasteiger partial charge in [-0.2, -0.15) is 0 Å². The molecule has 0 saturated heterocycles. The molecule has 1 heterocycles. The van der Waals surface area contributed by atoms with Gasteiger partial charge in [-0.3, -0.25) is 9.78 Å². The fourth-order valence-electron chi connectivity index (χ4n) is 5.70. The highest BCUT2D eigenvalue weighted by Gasteiger charge is 2.49. The summed E-state index contributed by atoms with van der Waals surface area (Å²) < 4.78 is 13.8. The van der Waals surface area contributed by atoms with Gasteiger partial charge in [0.15, 0.2) is 0 Å². The van der Waals surface area contributed by atoms with Crippen molar-refractivity contribution in [1.82, 2.24) is 4.98 Å². The first kappa shape index (κ1) is 20.4. The number of aromatic nitrogens is 1. The van der Waals surface area contributed by atoms with E-state index in [4.69, 9.17) is 11.6 Å². The molecule has 0 spiro atoms. The Morgan fingerprint density at radius 3 is 2.55 bits per heavy atom. The highest BCUT2D eigenvalue weighted by Crippen LogP contribution is 2.55. The molecule has 2 aromatic carbocycles. The smallest absolute Gasteiger partial charge is 0.227 e. The predicted molar refractivity (Wildman–Crippen MR) is 120 cm³/mol. The number of hydrogen-bond donors (Lipinski definition) is 2. The number of fused-ring (bicyclic) bond motifs is 2. The van der Waals surface area contributed by atoms with Gasteiger partial charge in [-0.1, -0.05) is 11.6 Å². The Labute approximate surface area is 185 Å². The van der Waals surface area contributed by atoms with Gasteiger partial charge in [0.1, 0.15) is 5.82 Å². The summed E-state index contributed by atoms with van der Waals surface area (Å²) in [5.41, 5.74) is 1.66. The van der Waals surface area contributed by atoms with E-state index in [0.717, 1.165) is 29.3 Å². The molecule has 2 fully saturated rings. The van der Waals surface area contributed by atoms with Gasteiger partial charge in [0.25, 0.3) is 0 Å². The zero-order valence-corrected chi connectivity index (χ0v) is 17.8. The van der Waals surface area contributed by atoms with Crippen LogP contribution in [0, 0.1) is 17.7 Å². The minimum Gasteiger partial charge on any atom is -0.389 e. The predicted octanol–water partition coefficient (Wildman–Crippen LogP) is 5.69. The van der Waals surface area contributed by atoms with Crippen molar-refractivity contribution in [1.29, 1.82) is 0 Å². The Kier molecular flexibility index (Phi) is 5.19. The van der Waals surface area contributed by atoms with E-state index in [1.54, 1.807) is 42.6 Å². The number of anilines is 1. The lowest BCUT2D eigenvalue weighted by molar-refractivity contribution is -0.121. The maximum Gasteiger partial charge on any atom is 0.227 e. The number of pyridine rings is 1. The number of amides is 1. The Balaban J connectivity index is 1.25. The lowest BCUT2D eigenvalue weighted by atomic mass is 9.87. The molecule has 0 aliphatic heterocycles. The standard InChI is InChI=1S/C25H24ClFN2O2/c26-18-1-4-20(5-2-18)29-24(30)14-25(31)12-16-9-15(10-17(16)13-25)21-7-8-28-23-6-3-19(27)11-22(21)23/h1-8,11,15-17,31H,9-10,12-14H2,(H,29,30)/t15?,16-,17+,25?. The fourth-order valence-corrected chi connectivity index (χ4v) is 5.83. The van der Waals surface area contributed by atoms with Gasteiger partial charge in [0, 0.05) is 22.3 Å². The summed E-state index contributed by atoms with van der Waals surface area (Å²) >= 11 is 5.88. The van der Waals surface area contributed by atoms with Crippen LogP contribution in [-0.4, -0.2) is 21.6 Å². The first-order chi connectivity index (χ1) is 14.9. The van der Waals surface area contributed by atoms with Crippen molar-refractivity contribution in [2.75, 3.05) is 5.32 Å². The Morgan fingerprint density at radius 2 is 1.84 bits per heavy atom. The summed E-state index contributed by atoms with van der Waals surface area (Å²) in [4.78, 5) is 16.9. The lowest BCUT2D eigenvalue weighted by Gasteiger charge is -2.24. The van der Waals surface area contributed by atoms with Crippen molar-refractivity contribution in [2.45, 2.75) is 43.6 Å². The van der Waals surface area contributed by atoms with E-state index in [1.165, 1.54) is 6.07 Å². The highest BCUT2D eigenvalue weighted by atomic mass is 35.5. The number of benzene rings is 2. The molecule has 0 bridgehead atoms. The molecule has 2 aliphatic rings. The van der Waals surface area contributed by atoms with Gasteiger partial charge in [-0.05, 0) is 97.5 Å². The minimum absolute atomic E-state index is 0.0939. The molecule has 31 heavy (non-hydrogen) atoms. The third kappa shape index (κ3) is 4.17. The molecule has 5 rings (SSSR count). The van der Waals surface area contributed by atoms with Gasteiger partial charge < -0.3 is 10.4 Å². The number of hydrogen-bond acceptors (Lipinski definition) is 3. The first-order valence-corrected chi connectivity index (χ1v) is 11.1. The second-order valence-corrected chi connectivity index (χ2v) is 9.55. The summed E-state index contributed by atoms with van der Waals surface area (Å²) in [6.07, 6.45) is 5.03. The summed E-state index contributed by atoms with van der Waals surface area (Å²) in [6, 6.07) is 13.7. The quantitative estimate of drug-likeness (QED) is 0.550. The normalized spacial score (nSPS) is 27.4. The molecule has 6 heteroatoms. The van der Waals surface area contributed by atoms with E-state index in [9.17, 15) is 14.3 Å². The zero-order chi connectivity index (χ0) is 21.6. The van der Waals surface area contributed by atoms with Crippen LogP contribution in [0.2, 0.25) is 5.02 Å². The van der Waals surface area contributed by atoms with Crippen LogP contribution in [0.25, 0.3) is 10.9 Å². The molecule has 0 radical (unpaired) electrons. The average Bonchev–Trinajstić information content (AvgIpc) is 3.23. The molecule has 4 nitrogen and oxygen atoms in total. The monoisotopic (exact) mass is 438 g/mol. The third-order valence-electron chi connectivity index (χ3n) is 6.92. The van der Waals surface area contributed by atoms with Gasteiger partial charge in [-0.15, -0.1) is 0 Å². The van der Waals surface area contributed by atoms with Crippen molar-refractivity contribution in [3.8, 4) is 0 Å². The lowest BCUT2D eigenvalue weighted by Crippen LogP contribution is -2.32. The van der Waals surface area contributed by atoms with Crippen LogP contribution < -0.4 is 5.32 Å². The van der Waals surface area contributed by atoms with Crippen LogP contribution in [0.3, 0.4) is 0 Å².